The molecule has 0 aliphatic heterocycles. The van der Waals surface area contributed by atoms with Gasteiger partial charge in [-0.1, -0.05) is 0 Å². The van der Waals surface area contributed by atoms with Crippen molar-refractivity contribution in [1.82, 2.24) is 4.57 Å². The van der Waals surface area contributed by atoms with Gasteiger partial charge in [0.1, 0.15) is 23.4 Å². The lowest BCUT2D eigenvalue weighted by molar-refractivity contribution is -0.118. The summed E-state index contributed by atoms with van der Waals surface area (Å²) in [5.41, 5.74) is 0.765. The highest BCUT2D eigenvalue weighted by molar-refractivity contribution is 5.93. The van der Waals surface area contributed by atoms with Crippen molar-refractivity contribution >= 4 is 11.6 Å². The molecule has 1 N–H and O–H groups in total. The molecule has 0 saturated carbocycles. The quantitative estimate of drug-likeness (QED) is 0.938. The molecule has 1 aromatic heterocycles. The van der Waals surface area contributed by atoms with Crippen molar-refractivity contribution in [2.75, 3.05) is 12.4 Å². The molecule has 0 spiro atoms. The van der Waals surface area contributed by atoms with Gasteiger partial charge in [0.05, 0.1) is 7.11 Å². The van der Waals surface area contributed by atoms with E-state index in [4.69, 9.17) is 10.00 Å². The molecule has 1 unspecified atom stereocenters. The fourth-order valence-electron chi connectivity index (χ4n) is 2.25. The predicted molar refractivity (Wildman–Crippen MR) is 86.5 cm³/mol. The van der Waals surface area contributed by atoms with E-state index in [1.54, 1.807) is 51.3 Å². The normalized spacial score (nSPS) is 11.4. The molecule has 0 aliphatic carbocycles. The van der Waals surface area contributed by atoms with Crippen LogP contribution >= 0.6 is 0 Å². The van der Waals surface area contributed by atoms with Crippen molar-refractivity contribution in [1.29, 1.82) is 5.26 Å². The molecule has 2 aromatic rings. The van der Waals surface area contributed by atoms with E-state index in [9.17, 15) is 9.59 Å². The molecule has 6 nitrogen and oxygen atoms in total. The molecule has 1 heterocycles. The summed E-state index contributed by atoms with van der Waals surface area (Å²) in [6.07, 6.45) is 0. The third kappa shape index (κ3) is 3.40. The van der Waals surface area contributed by atoms with E-state index in [2.05, 4.69) is 5.32 Å². The Morgan fingerprint density at radius 1 is 1.26 bits per heavy atom. The van der Waals surface area contributed by atoms with Crippen molar-refractivity contribution in [3.63, 3.8) is 0 Å². The average molecular weight is 311 g/mol. The number of hydrogen-bond donors (Lipinski definition) is 1. The number of nitrogens with one attached hydrogen (secondary N) is 1. The Morgan fingerprint density at radius 3 is 2.48 bits per heavy atom. The van der Waals surface area contributed by atoms with Gasteiger partial charge >= 0.3 is 0 Å². The van der Waals surface area contributed by atoms with Crippen LogP contribution < -0.4 is 15.6 Å². The Balaban J connectivity index is 2.26. The zero-order valence-corrected chi connectivity index (χ0v) is 13.2. The number of benzene rings is 1. The number of pyridine rings is 1. The molecule has 0 fully saturated rings. The van der Waals surface area contributed by atoms with E-state index in [-0.39, 0.29) is 11.5 Å². The number of hydrogen-bond acceptors (Lipinski definition) is 4. The minimum Gasteiger partial charge on any atom is -0.497 e. The van der Waals surface area contributed by atoms with Crippen LogP contribution in [0.3, 0.4) is 0 Å². The minimum absolute atomic E-state index is 0.0136. The minimum atomic E-state index is -0.738. The SMILES string of the molecule is COc1ccc(NC(=O)C(C)n2c(C)ccc(C#N)c2=O)cc1. The van der Waals surface area contributed by atoms with Crippen molar-refractivity contribution in [2.45, 2.75) is 19.9 Å². The number of rotatable bonds is 4. The maximum Gasteiger partial charge on any atom is 0.269 e. The van der Waals surface area contributed by atoms with Gasteiger partial charge in [0.25, 0.3) is 5.56 Å². The number of aromatic nitrogens is 1. The highest BCUT2D eigenvalue weighted by atomic mass is 16.5. The number of ether oxygens (including phenoxy) is 1. The maximum absolute atomic E-state index is 12.4. The average Bonchev–Trinajstić information content (AvgIpc) is 2.55. The molecular weight excluding hydrogens is 294 g/mol. The lowest BCUT2D eigenvalue weighted by Crippen LogP contribution is -2.34. The molecule has 118 valence electrons. The van der Waals surface area contributed by atoms with Crippen molar-refractivity contribution < 1.29 is 9.53 Å². The number of carbonyl (C=O) groups excluding carboxylic acids is 1. The number of carbonyl (C=O) groups is 1. The second-order valence-corrected chi connectivity index (χ2v) is 5.07. The highest BCUT2D eigenvalue weighted by Gasteiger charge is 2.19. The fraction of sp³-hybridized carbons (Fsp3) is 0.235. The predicted octanol–water partition coefficient (Wildman–Crippen LogP) is 2.24. The fourth-order valence-corrected chi connectivity index (χ4v) is 2.25. The zero-order chi connectivity index (χ0) is 17.0. The molecule has 23 heavy (non-hydrogen) atoms. The Bertz CT molecular complexity index is 816. The first-order valence-corrected chi connectivity index (χ1v) is 7.05. The van der Waals surface area contributed by atoms with Gasteiger partial charge in [0.15, 0.2) is 0 Å². The van der Waals surface area contributed by atoms with Crippen LogP contribution in [0.5, 0.6) is 5.75 Å². The third-order valence-electron chi connectivity index (χ3n) is 3.57. The first-order valence-electron chi connectivity index (χ1n) is 7.05. The molecule has 0 radical (unpaired) electrons. The summed E-state index contributed by atoms with van der Waals surface area (Å²) in [6, 6.07) is 11.1. The van der Waals surface area contributed by atoms with Crippen LogP contribution in [0.25, 0.3) is 0 Å². The van der Waals surface area contributed by atoms with Gasteiger partial charge in [-0.3, -0.25) is 14.2 Å². The number of anilines is 1. The van der Waals surface area contributed by atoms with Crippen molar-refractivity contribution in [3.8, 4) is 11.8 Å². The summed E-state index contributed by atoms with van der Waals surface area (Å²) >= 11 is 0. The number of methoxy groups -OCH3 is 1. The van der Waals surface area contributed by atoms with Crippen LogP contribution in [0.2, 0.25) is 0 Å². The highest BCUT2D eigenvalue weighted by Crippen LogP contribution is 2.17. The van der Waals surface area contributed by atoms with Crippen LogP contribution in [0.1, 0.15) is 24.2 Å². The summed E-state index contributed by atoms with van der Waals surface area (Å²) < 4.78 is 6.38. The summed E-state index contributed by atoms with van der Waals surface area (Å²) in [5.74, 6) is 0.347. The molecule has 0 aliphatic rings. The molecule has 6 heteroatoms. The second-order valence-electron chi connectivity index (χ2n) is 5.07. The molecule has 0 saturated heterocycles. The van der Waals surface area contributed by atoms with Crippen molar-refractivity contribution in [3.05, 3.63) is 58.0 Å². The van der Waals surface area contributed by atoms with E-state index < -0.39 is 11.6 Å². The molecular formula is C17H17N3O3. The Hall–Kier alpha value is -3.07. The Labute approximate surface area is 133 Å². The first-order chi connectivity index (χ1) is 11.0. The Kier molecular flexibility index (Phi) is 4.82. The lowest BCUT2D eigenvalue weighted by atomic mass is 10.2. The lowest BCUT2D eigenvalue weighted by Gasteiger charge is -2.18. The zero-order valence-electron chi connectivity index (χ0n) is 13.2. The monoisotopic (exact) mass is 311 g/mol. The number of nitrogens with zero attached hydrogens (tertiary/aromatic N) is 2. The van der Waals surface area contributed by atoms with Crippen LogP contribution in [0.15, 0.2) is 41.2 Å². The smallest absolute Gasteiger partial charge is 0.269 e. The van der Waals surface area contributed by atoms with Gasteiger partial charge in [-0.15, -0.1) is 0 Å². The van der Waals surface area contributed by atoms with Crippen LogP contribution in [-0.4, -0.2) is 17.6 Å². The Morgan fingerprint density at radius 2 is 1.91 bits per heavy atom. The summed E-state index contributed by atoms with van der Waals surface area (Å²) in [4.78, 5) is 24.6. The second kappa shape index (κ2) is 6.79. The summed E-state index contributed by atoms with van der Waals surface area (Å²) in [6.45, 7) is 3.34. The number of aryl methyl sites for hydroxylation is 1. The van der Waals surface area contributed by atoms with Gasteiger partial charge < -0.3 is 10.1 Å². The van der Waals surface area contributed by atoms with E-state index >= 15 is 0 Å². The van der Waals surface area contributed by atoms with Crippen LogP contribution in [0, 0.1) is 18.3 Å². The first kappa shape index (κ1) is 16.3. The molecule has 1 atom stereocenters. The van der Waals surface area contributed by atoms with Gasteiger partial charge in [-0.2, -0.15) is 5.26 Å². The van der Waals surface area contributed by atoms with Gasteiger partial charge in [0, 0.05) is 11.4 Å². The summed E-state index contributed by atoms with van der Waals surface area (Å²) in [5, 5.41) is 11.7. The van der Waals surface area contributed by atoms with E-state index in [1.165, 1.54) is 10.6 Å². The maximum atomic E-state index is 12.4. The van der Waals surface area contributed by atoms with Gasteiger partial charge in [-0.05, 0) is 50.2 Å². The molecule has 2 rings (SSSR count). The van der Waals surface area contributed by atoms with Gasteiger partial charge in [-0.25, -0.2) is 0 Å². The molecule has 1 amide bonds. The van der Waals surface area contributed by atoms with E-state index in [1.807, 2.05) is 6.07 Å². The van der Waals surface area contributed by atoms with Crippen LogP contribution in [0.4, 0.5) is 5.69 Å². The largest absolute Gasteiger partial charge is 0.497 e. The third-order valence-corrected chi connectivity index (χ3v) is 3.57. The number of amides is 1. The molecule has 1 aromatic carbocycles. The topological polar surface area (TPSA) is 84.1 Å². The standard InChI is InChI=1S/C17H17N3O3/c1-11-4-5-13(10-18)17(22)20(11)12(2)16(21)19-14-6-8-15(23-3)9-7-14/h4-9,12H,1-3H3,(H,19,21). The summed E-state index contributed by atoms with van der Waals surface area (Å²) in [7, 11) is 1.56. The van der Waals surface area contributed by atoms with Crippen LogP contribution in [-0.2, 0) is 4.79 Å². The van der Waals surface area contributed by atoms with E-state index in [0.29, 0.717) is 17.1 Å². The number of nitriles is 1. The molecule has 0 bridgehead atoms. The van der Waals surface area contributed by atoms with Crippen molar-refractivity contribution in [2.24, 2.45) is 0 Å². The van der Waals surface area contributed by atoms with Gasteiger partial charge in [0.2, 0.25) is 5.91 Å². The van der Waals surface area contributed by atoms with E-state index in [0.717, 1.165) is 0 Å².